The van der Waals surface area contributed by atoms with Crippen molar-refractivity contribution in [3.05, 3.63) is 53.1 Å². The predicted octanol–water partition coefficient (Wildman–Crippen LogP) is 3.14. The molecule has 2 aromatic rings. The molecule has 9 heteroatoms. The number of amides is 3. The molecule has 0 bridgehead atoms. The van der Waals surface area contributed by atoms with Crippen LogP contribution in [0.4, 0.5) is 11.4 Å². The Hall–Kier alpha value is -3.10. The van der Waals surface area contributed by atoms with Crippen LogP contribution in [-0.4, -0.2) is 55.9 Å². The van der Waals surface area contributed by atoms with Crippen molar-refractivity contribution in [2.45, 2.75) is 25.3 Å². The van der Waals surface area contributed by atoms with Crippen molar-refractivity contribution in [3.63, 3.8) is 0 Å². The summed E-state index contributed by atoms with van der Waals surface area (Å²) in [4.78, 5) is 38.9. The third kappa shape index (κ3) is 6.96. The van der Waals surface area contributed by atoms with Gasteiger partial charge in [0, 0.05) is 24.0 Å². The van der Waals surface area contributed by atoms with E-state index in [1.165, 1.54) is 7.11 Å². The van der Waals surface area contributed by atoms with Crippen molar-refractivity contribution < 1.29 is 19.1 Å². The molecule has 3 rings (SSSR count). The Morgan fingerprint density at radius 2 is 1.78 bits per heavy atom. The summed E-state index contributed by atoms with van der Waals surface area (Å²) < 4.78 is 5.22. The summed E-state index contributed by atoms with van der Waals surface area (Å²) in [5.74, 6) is -0.168. The zero-order valence-electron chi connectivity index (χ0n) is 18.1. The van der Waals surface area contributed by atoms with Crippen LogP contribution in [0.15, 0.2) is 42.5 Å². The normalized spacial score (nSPS) is 12.9. The molecule has 0 atom stereocenters. The van der Waals surface area contributed by atoms with Gasteiger partial charge in [0.2, 0.25) is 11.8 Å². The van der Waals surface area contributed by atoms with E-state index >= 15 is 0 Å². The number of hydrogen-bond acceptors (Lipinski definition) is 5. The van der Waals surface area contributed by atoms with Crippen LogP contribution in [0.3, 0.4) is 0 Å². The van der Waals surface area contributed by atoms with E-state index in [4.69, 9.17) is 16.3 Å². The van der Waals surface area contributed by atoms with Crippen molar-refractivity contribution in [1.29, 1.82) is 0 Å². The van der Waals surface area contributed by atoms with Crippen LogP contribution in [0, 0.1) is 0 Å². The Kier molecular flexibility index (Phi) is 8.08. The van der Waals surface area contributed by atoms with Crippen molar-refractivity contribution in [2.24, 2.45) is 0 Å². The van der Waals surface area contributed by atoms with Gasteiger partial charge in [-0.3, -0.25) is 19.3 Å². The molecule has 0 aliphatic heterocycles. The fourth-order valence-corrected chi connectivity index (χ4v) is 3.25. The number of benzene rings is 2. The lowest BCUT2D eigenvalue weighted by molar-refractivity contribution is -0.119. The average molecular weight is 459 g/mol. The van der Waals surface area contributed by atoms with E-state index in [1.54, 1.807) is 54.4 Å². The lowest BCUT2D eigenvalue weighted by Gasteiger charge is -2.17. The largest absolute Gasteiger partial charge is 0.495 e. The first-order valence-corrected chi connectivity index (χ1v) is 10.7. The highest BCUT2D eigenvalue weighted by atomic mass is 35.5. The number of methoxy groups -OCH3 is 1. The minimum absolute atomic E-state index is 0.0866. The van der Waals surface area contributed by atoms with E-state index < -0.39 is 0 Å². The molecule has 0 saturated heterocycles. The second-order valence-electron chi connectivity index (χ2n) is 7.72. The molecule has 0 heterocycles. The third-order valence-corrected chi connectivity index (χ3v) is 5.16. The highest BCUT2D eigenvalue weighted by Crippen LogP contribution is 2.27. The highest BCUT2D eigenvalue weighted by Gasteiger charge is 2.25. The standard InChI is InChI=1S/C23H27ClN4O4/c1-28(14-22(30)27-19-13-15(24)7-10-20(19)32-2)12-11-21(29)26-18-6-4-3-5-17(18)23(31)25-16-8-9-16/h3-7,10,13,16H,8-9,11-12,14H2,1-2H3,(H,25,31)(H,26,29)(H,27,30). The number of nitrogens with one attached hydrogen (secondary N) is 3. The van der Waals surface area contributed by atoms with Crippen LogP contribution in [0.5, 0.6) is 5.75 Å². The minimum atomic E-state index is -0.254. The Bertz CT molecular complexity index is 994. The van der Waals surface area contributed by atoms with Gasteiger partial charge in [-0.2, -0.15) is 0 Å². The average Bonchev–Trinajstić information content (AvgIpc) is 3.56. The molecule has 1 fully saturated rings. The van der Waals surface area contributed by atoms with E-state index in [-0.39, 0.29) is 36.7 Å². The van der Waals surface area contributed by atoms with E-state index in [1.807, 2.05) is 0 Å². The zero-order valence-corrected chi connectivity index (χ0v) is 18.9. The molecule has 1 aliphatic carbocycles. The number of para-hydroxylation sites is 1. The van der Waals surface area contributed by atoms with Crippen molar-refractivity contribution in [3.8, 4) is 5.75 Å². The topological polar surface area (TPSA) is 99.8 Å². The molecule has 0 unspecified atom stereocenters. The van der Waals surface area contributed by atoms with Crippen molar-refractivity contribution >= 4 is 40.7 Å². The summed E-state index contributed by atoms with van der Waals surface area (Å²) in [6.45, 7) is 0.450. The van der Waals surface area contributed by atoms with E-state index in [0.717, 1.165) is 12.8 Å². The van der Waals surface area contributed by atoms with Gasteiger partial charge in [-0.1, -0.05) is 23.7 Å². The summed E-state index contributed by atoms with van der Waals surface area (Å²) in [6, 6.07) is 12.1. The fraction of sp³-hybridized carbons (Fsp3) is 0.348. The molecule has 0 spiro atoms. The maximum absolute atomic E-state index is 12.4. The second kappa shape index (κ2) is 11.0. The molecule has 1 aliphatic rings. The van der Waals surface area contributed by atoms with Crippen molar-refractivity contribution in [2.75, 3.05) is 37.9 Å². The summed E-state index contributed by atoms with van der Waals surface area (Å²) in [6.07, 6.45) is 2.15. The lowest BCUT2D eigenvalue weighted by Crippen LogP contribution is -2.32. The summed E-state index contributed by atoms with van der Waals surface area (Å²) in [5, 5.41) is 8.97. The minimum Gasteiger partial charge on any atom is -0.495 e. The van der Waals surface area contributed by atoms with E-state index in [9.17, 15) is 14.4 Å². The fourth-order valence-electron chi connectivity index (χ4n) is 3.08. The quantitative estimate of drug-likeness (QED) is 0.508. The second-order valence-corrected chi connectivity index (χ2v) is 8.16. The maximum atomic E-state index is 12.4. The van der Waals surface area contributed by atoms with Crippen LogP contribution < -0.4 is 20.7 Å². The Labute approximate surface area is 192 Å². The number of rotatable bonds is 10. The number of carbonyl (C=O) groups excluding carboxylic acids is 3. The van der Waals surface area contributed by atoms with Gasteiger partial charge in [0.1, 0.15) is 5.75 Å². The first-order chi connectivity index (χ1) is 15.4. The molecule has 1 saturated carbocycles. The number of halogens is 1. The Balaban J connectivity index is 1.47. The van der Waals surface area contributed by atoms with Gasteiger partial charge in [0.15, 0.2) is 0 Å². The van der Waals surface area contributed by atoms with Crippen LogP contribution >= 0.6 is 11.6 Å². The molecule has 0 aromatic heterocycles. The van der Waals surface area contributed by atoms with Gasteiger partial charge in [-0.15, -0.1) is 0 Å². The predicted molar refractivity (Wildman–Crippen MR) is 124 cm³/mol. The molecule has 3 N–H and O–H groups in total. The number of anilines is 2. The number of ether oxygens (including phenoxy) is 1. The Morgan fingerprint density at radius 3 is 2.50 bits per heavy atom. The summed E-state index contributed by atoms with van der Waals surface area (Å²) in [7, 11) is 3.26. The number of nitrogens with zero attached hydrogens (tertiary/aromatic N) is 1. The smallest absolute Gasteiger partial charge is 0.253 e. The molecule has 170 valence electrons. The molecule has 0 radical (unpaired) electrons. The molecular weight excluding hydrogens is 432 g/mol. The molecular formula is C23H27ClN4O4. The van der Waals surface area contributed by atoms with Crippen LogP contribution in [-0.2, 0) is 9.59 Å². The van der Waals surface area contributed by atoms with Gasteiger partial charge >= 0.3 is 0 Å². The summed E-state index contributed by atoms with van der Waals surface area (Å²) >= 11 is 5.99. The number of likely N-dealkylation sites (N-methyl/N-ethyl adjacent to an activating group) is 1. The van der Waals surface area contributed by atoms with Gasteiger partial charge in [0.25, 0.3) is 5.91 Å². The summed E-state index contributed by atoms with van der Waals surface area (Å²) in [5.41, 5.74) is 1.40. The van der Waals surface area contributed by atoms with Gasteiger partial charge in [0.05, 0.1) is 30.6 Å². The molecule has 32 heavy (non-hydrogen) atoms. The van der Waals surface area contributed by atoms with E-state index in [0.29, 0.717) is 34.3 Å². The number of carbonyl (C=O) groups is 3. The molecule has 2 aromatic carbocycles. The lowest BCUT2D eigenvalue weighted by atomic mass is 10.1. The monoisotopic (exact) mass is 458 g/mol. The Morgan fingerprint density at radius 1 is 1.06 bits per heavy atom. The van der Waals surface area contributed by atoms with Crippen LogP contribution in [0.25, 0.3) is 0 Å². The first-order valence-electron chi connectivity index (χ1n) is 10.4. The van der Waals surface area contributed by atoms with Crippen LogP contribution in [0.1, 0.15) is 29.6 Å². The molecule has 3 amide bonds. The van der Waals surface area contributed by atoms with Crippen molar-refractivity contribution in [1.82, 2.24) is 10.2 Å². The highest BCUT2D eigenvalue weighted by molar-refractivity contribution is 6.31. The third-order valence-electron chi connectivity index (χ3n) is 4.93. The van der Waals surface area contributed by atoms with Gasteiger partial charge in [-0.05, 0) is 50.2 Å². The van der Waals surface area contributed by atoms with Gasteiger partial charge in [-0.25, -0.2) is 0 Å². The van der Waals surface area contributed by atoms with Crippen LogP contribution in [0.2, 0.25) is 5.02 Å². The SMILES string of the molecule is COc1ccc(Cl)cc1NC(=O)CN(C)CCC(=O)Nc1ccccc1C(=O)NC1CC1. The molecule has 8 nitrogen and oxygen atoms in total. The number of hydrogen-bond donors (Lipinski definition) is 3. The first kappa shape index (κ1) is 23.6. The van der Waals surface area contributed by atoms with Gasteiger partial charge < -0.3 is 20.7 Å². The van der Waals surface area contributed by atoms with E-state index in [2.05, 4.69) is 16.0 Å². The maximum Gasteiger partial charge on any atom is 0.253 e. The zero-order chi connectivity index (χ0) is 23.1.